The second kappa shape index (κ2) is 6.14. The smallest absolute Gasteiger partial charge is 0.224 e. The van der Waals surface area contributed by atoms with Crippen LogP contribution >= 0.6 is 11.6 Å². The van der Waals surface area contributed by atoms with Gasteiger partial charge >= 0.3 is 0 Å². The van der Waals surface area contributed by atoms with Crippen molar-refractivity contribution < 1.29 is 9.53 Å². The molecular weight excluding hydrogens is 322 g/mol. The summed E-state index contributed by atoms with van der Waals surface area (Å²) in [6, 6.07) is 14.0. The van der Waals surface area contributed by atoms with E-state index in [-0.39, 0.29) is 17.9 Å². The number of ether oxygens (including phenoxy) is 1. The highest BCUT2D eigenvalue weighted by molar-refractivity contribution is 6.30. The Morgan fingerprint density at radius 1 is 1.25 bits per heavy atom. The lowest BCUT2D eigenvalue weighted by Crippen LogP contribution is -2.28. The Hall–Kier alpha value is -2.00. The maximum absolute atomic E-state index is 12.5. The van der Waals surface area contributed by atoms with Crippen LogP contribution in [0.3, 0.4) is 0 Å². The predicted octanol–water partition coefficient (Wildman–Crippen LogP) is 4.26. The molecule has 3 unspecified atom stereocenters. The average molecular weight is 342 g/mol. The summed E-state index contributed by atoms with van der Waals surface area (Å²) in [6.45, 7) is 2.79. The Balaban J connectivity index is 1.39. The molecule has 124 valence electrons. The van der Waals surface area contributed by atoms with Crippen molar-refractivity contribution in [1.29, 1.82) is 0 Å². The van der Waals surface area contributed by atoms with E-state index in [2.05, 4.69) is 11.4 Å². The minimum absolute atomic E-state index is 0.00914. The summed E-state index contributed by atoms with van der Waals surface area (Å²) in [7, 11) is 0. The average Bonchev–Trinajstić information content (AvgIpc) is 3.24. The van der Waals surface area contributed by atoms with Crippen LogP contribution in [0.15, 0.2) is 42.5 Å². The normalized spacial score (nSPS) is 22.4. The van der Waals surface area contributed by atoms with Crippen molar-refractivity contribution >= 4 is 17.5 Å². The van der Waals surface area contributed by atoms with Gasteiger partial charge in [0, 0.05) is 17.4 Å². The molecular formula is C20H20ClNO2. The molecule has 4 rings (SSSR count). The van der Waals surface area contributed by atoms with Crippen molar-refractivity contribution in [3.63, 3.8) is 0 Å². The molecule has 1 N–H and O–H groups in total. The molecule has 1 saturated carbocycles. The zero-order valence-corrected chi connectivity index (χ0v) is 14.3. The Kier molecular flexibility index (Phi) is 3.97. The summed E-state index contributed by atoms with van der Waals surface area (Å²) in [6.07, 6.45) is 1.86. The fraction of sp³-hybridized carbons (Fsp3) is 0.350. The van der Waals surface area contributed by atoms with E-state index in [9.17, 15) is 4.79 Å². The monoisotopic (exact) mass is 341 g/mol. The number of fused-ring (bicyclic) bond motifs is 1. The number of benzene rings is 2. The first-order chi connectivity index (χ1) is 11.6. The second-order valence-electron chi connectivity index (χ2n) is 6.70. The molecule has 0 saturated heterocycles. The van der Waals surface area contributed by atoms with E-state index < -0.39 is 0 Å². The third-order valence-corrected chi connectivity index (χ3v) is 5.25. The maximum atomic E-state index is 12.5. The quantitative estimate of drug-likeness (QED) is 0.902. The lowest BCUT2D eigenvalue weighted by atomic mass is 10.0. The molecule has 3 atom stereocenters. The highest BCUT2D eigenvalue weighted by Gasteiger charge is 2.44. The van der Waals surface area contributed by atoms with Crippen LogP contribution < -0.4 is 10.1 Å². The van der Waals surface area contributed by atoms with Gasteiger partial charge in [0.2, 0.25) is 5.91 Å². The number of carbonyl (C=O) groups excluding carboxylic acids is 1. The van der Waals surface area contributed by atoms with Gasteiger partial charge in [-0.05, 0) is 60.2 Å². The highest BCUT2D eigenvalue weighted by atomic mass is 35.5. The lowest BCUT2D eigenvalue weighted by molar-refractivity contribution is -0.123. The first kappa shape index (κ1) is 15.5. The zero-order valence-electron chi connectivity index (χ0n) is 13.6. The number of carbonyl (C=O) groups is 1. The van der Waals surface area contributed by atoms with E-state index in [0.29, 0.717) is 5.92 Å². The van der Waals surface area contributed by atoms with Crippen LogP contribution in [0.1, 0.15) is 42.0 Å². The van der Waals surface area contributed by atoms with Crippen LogP contribution in [-0.4, -0.2) is 12.5 Å². The number of nitrogens with one attached hydrogen (secondary N) is 1. The van der Waals surface area contributed by atoms with Gasteiger partial charge in [0.25, 0.3) is 0 Å². The number of amides is 1. The number of hydrogen-bond acceptors (Lipinski definition) is 2. The third kappa shape index (κ3) is 3.01. The van der Waals surface area contributed by atoms with Crippen LogP contribution in [0.4, 0.5) is 0 Å². The SMILES string of the molecule is CC(NC(=O)C1CC1c1ccc(Cl)cc1)c1ccc2c(c1)CCO2. The lowest BCUT2D eigenvalue weighted by Gasteiger charge is -2.15. The molecule has 4 heteroatoms. The fourth-order valence-electron chi connectivity index (χ4n) is 3.44. The molecule has 2 aromatic rings. The van der Waals surface area contributed by atoms with Gasteiger partial charge in [0.15, 0.2) is 0 Å². The molecule has 2 aliphatic rings. The van der Waals surface area contributed by atoms with Gasteiger partial charge in [-0.15, -0.1) is 0 Å². The van der Waals surface area contributed by atoms with Crippen molar-refractivity contribution in [1.82, 2.24) is 5.32 Å². The Bertz CT molecular complexity index is 772. The summed E-state index contributed by atoms with van der Waals surface area (Å²) in [5, 5.41) is 3.89. The Labute approximate surface area is 147 Å². The van der Waals surface area contributed by atoms with Crippen LogP contribution in [0.2, 0.25) is 5.02 Å². The molecule has 0 spiro atoms. The first-order valence-corrected chi connectivity index (χ1v) is 8.81. The van der Waals surface area contributed by atoms with Crippen LogP contribution in [0, 0.1) is 5.92 Å². The molecule has 0 aromatic heterocycles. The van der Waals surface area contributed by atoms with E-state index >= 15 is 0 Å². The van der Waals surface area contributed by atoms with Crippen molar-refractivity contribution in [2.45, 2.75) is 31.7 Å². The van der Waals surface area contributed by atoms with Gasteiger partial charge in [-0.1, -0.05) is 29.8 Å². The molecule has 1 heterocycles. The fourth-order valence-corrected chi connectivity index (χ4v) is 3.57. The van der Waals surface area contributed by atoms with Crippen molar-refractivity contribution in [3.8, 4) is 5.75 Å². The van der Waals surface area contributed by atoms with E-state index in [0.717, 1.165) is 35.8 Å². The molecule has 1 aliphatic heterocycles. The van der Waals surface area contributed by atoms with E-state index in [4.69, 9.17) is 16.3 Å². The minimum Gasteiger partial charge on any atom is -0.493 e. The summed E-state index contributed by atoms with van der Waals surface area (Å²) < 4.78 is 5.54. The van der Waals surface area contributed by atoms with Crippen LogP contribution in [0.5, 0.6) is 5.75 Å². The predicted molar refractivity (Wildman–Crippen MR) is 94.5 cm³/mol. The second-order valence-corrected chi connectivity index (χ2v) is 7.13. The summed E-state index contributed by atoms with van der Waals surface area (Å²) in [4.78, 5) is 12.5. The molecule has 1 fully saturated rings. The third-order valence-electron chi connectivity index (χ3n) is 5.00. The minimum atomic E-state index is 0.00914. The molecule has 1 amide bonds. The number of rotatable bonds is 4. The largest absolute Gasteiger partial charge is 0.493 e. The molecule has 24 heavy (non-hydrogen) atoms. The highest BCUT2D eigenvalue weighted by Crippen LogP contribution is 2.48. The van der Waals surface area contributed by atoms with Crippen molar-refractivity contribution in [3.05, 3.63) is 64.2 Å². The maximum Gasteiger partial charge on any atom is 0.224 e. The van der Waals surface area contributed by atoms with Gasteiger partial charge in [-0.25, -0.2) is 0 Å². The van der Waals surface area contributed by atoms with E-state index in [1.54, 1.807) is 0 Å². The van der Waals surface area contributed by atoms with Crippen LogP contribution in [-0.2, 0) is 11.2 Å². The van der Waals surface area contributed by atoms with Gasteiger partial charge in [-0.2, -0.15) is 0 Å². The summed E-state index contributed by atoms with van der Waals surface area (Å²) in [5.74, 6) is 1.51. The first-order valence-electron chi connectivity index (χ1n) is 8.43. The van der Waals surface area contributed by atoms with Gasteiger partial charge in [0.05, 0.1) is 12.6 Å². The van der Waals surface area contributed by atoms with Crippen LogP contribution in [0.25, 0.3) is 0 Å². The Morgan fingerprint density at radius 3 is 2.83 bits per heavy atom. The van der Waals surface area contributed by atoms with Gasteiger partial charge in [-0.3, -0.25) is 4.79 Å². The molecule has 2 aromatic carbocycles. The Morgan fingerprint density at radius 2 is 2.04 bits per heavy atom. The summed E-state index contributed by atoms with van der Waals surface area (Å²) >= 11 is 5.92. The molecule has 1 aliphatic carbocycles. The van der Waals surface area contributed by atoms with Crippen molar-refractivity contribution in [2.24, 2.45) is 5.92 Å². The van der Waals surface area contributed by atoms with Gasteiger partial charge < -0.3 is 10.1 Å². The number of halogens is 1. The molecule has 0 radical (unpaired) electrons. The van der Waals surface area contributed by atoms with Crippen molar-refractivity contribution in [2.75, 3.05) is 6.61 Å². The van der Waals surface area contributed by atoms with E-state index in [1.807, 2.05) is 43.3 Å². The standard InChI is InChI=1S/C20H20ClNO2/c1-12(14-4-7-19-15(10-14)8-9-24-19)22-20(23)18-11-17(18)13-2-5-16(21)6-3-13/h2-7,10,12,17-18H,8-9,11H2,1H3,(H,22,23). The van der Waals surface area contributed by atoms with E-state index in [1.165, 1.54) is 11.1 Å². The molecule has 3 nitrogen and oxygen atoms in total. The topological polar surface area (TPSA) is 38.3 Å². The number of hydrogen-bond donors (Lipinski definition) is 1. The summed E-state index contributed by atoms with van der Waals surface area (Å²) in [5.41, 5.74) is 3.57. The zero-order chi connectivity index (χ0) is 16.7. The molecule has 0 bridgehead atoms. The van der Waals surface area contributed by atoms with Gasteiger partial charge in [0.1, 0.15) is 5.75 Å².